The second kappa shape index (κ2) is 8.35. The molecule has 8 heteroatoms. The Hall–Kier alpha value is -3.06. The molecule has 132 valence electrons. The first-order chi connectivity index (χ1) is 12.6. The Kier molecular flexibility index (Phi) is 5.70. The molecule has 0 saturated carbocycles. The van der Waals surface area contributed by atoms with Crippen molar-refractivity contribution in [2.45, 2.75) is 19.4 Å². The summed E-state index contributed by atoms with van der Waals surface area (Å²) in [5.74, 6) is -0.209. The highest BCUT2D eigenvalue weighted by Gasteiger charge is 2.17. The largest absolute Gasteiger partial charge is 0.489 e. The van der Waals surface area contributed by atoms with Gasteiger partial charge in [-0.25, -0.2) is 0 Å². The predicted octanol–water partition coefficient (Wildman–Crippen LogP) is 2.82. The lowest BCUT2D eigenvalue weighted by molar-refractivity contribution is -0.117. The molecular formula is C18H15ClN4O3. The van der Waals surface area contributed by atoms with E-state index in [0.29, 0.717) is 22.9 Å². The van der Waals surface area contributed by atoms with Crippen LogP contribution in [0, 0.1) is 0 Å². The van der Waals surface area contributed by atoms with Gasteiger partial charge >= 0.3 is 0 Å². The Morgan fingerprint density at radius 2 is 1.85 bits per heavy atom. The maximum atomic E-state index is 12.2. The lowest BCUT2D eigenvalue weighted by Gasteiger charge is -2.11. The first-order valence-electron chi connectivity index (χ1n) is 7.85. The second-order valence-electron chi connectivity index (χ2n) is 5.57. The molecular weight excluding hydrogens is 356 g/mol. The summed E-state index contributed by atoms with van der Waals surface area (Å²) in [7, 11) is 0. The molecule has 0 radical (unpaired) electrons. The van der Waals surface area contributed by atoms with Gasteiger partial charge in [-0.2, -0.15) is 5.21 Å². The summed E-state index contributed by atoms with van der Waals surface area (Å²) in [6.07, 6.45) is -0.203. The number of ether oxygens (including phenoxy) is 1. The van der Waals surface area contributed by atoms with Gasteiger partial charge in [0.2, 0.25) is 11.6 Å². The van der Waals surface area contributed by atoms with Crippen LogP contribution in [-0.2, 0) is 17.8 Å². The minimum absolute atomic E-state index is 0.0837. The molecule has 0 bridgehead atoms. The SMILES string of the molecule is O=C(CC(=O)c1nn[nH]n1)Cc1ccccc1OCc1ccc(Cl)cc1. The van der Waals surface area contributed by atoms with Crippen LogP contribution in [0.15, 0.2) is 48.5 Å². The zero-order valence-corrected chi connectivity index (χ0v) is 14.4. The number of tetrazole rings is 1. The number of halogens is 1. The number of carbonyl (C=O) groups excluding carboxylic acids is 2. The fourth-order valence-corrected chi connectivity index (χ4v) is 2.47. The predicted molar refractivity (Wildman–Crippen MR) is 94.1 cm³/mol. The molecule has 1 heterocycles. The number of nitrogens with zero attached hydrogens (tertiary/aromatic N) is 3. The number of hydrogen-bond donors (Lipinski definition) is 1. The van der Waals surface area contributed by atoms with E-state index in [4.69, 9.17) is 16.3 Å². The number of benzene rings is 2. The molecule has 0 atom stereocenters. The average Bonchev–Trinajstić information content (AvgIpc) is 3.17. The molecule has 3 aromatic rings. The fraction of sp³-hybridized carbons (Fsp3) is 0.167. The van der Waals surface area contributed by atoms with Crippen LogP contribution < -0.4 is 4.74 Å². The van der Waals surface area contributed by atoms with Crippen molar-refractivity contribution < 1.29 is 14.3 Å². The summed E-state index contributed by atoms with van der Waals surface area (Å²) in [5, 5.41) is 13.3. The van der Waals surface area contributed by atoms with Gasteiger partial charge in [0.25, 0.3) is 0 Å². The van der Waals surface area contributed by atoms with Gasteiger partial charge < -0.3 is 4.74 Å². The van der Waals surface area contributed by atoms with Crippen LogP contribution in [0.4, 0.5) is 0 Å². The number of ketones is 2. The number of carbonyl (C=O) groups is 2. The van der Waals surface area contributed by atoms with E-state index in [2.05, 4.69) is 20.6 Å². The number of Topliss-reactive ketones (excluding diaryl/α,β-unsaturated/α-hetero) is 2. The minimum atomic E-state index is -0.469. The summed E-state index contributed by atoms with van der Waals surface area (Å²) in [4.78, 5) is 24.1. The Morgan fingerprint density at radius 3 is 2.58 bits per heavy atom. The van der Waals surface area contributed by atoms with Gasteiger partial charge in [0, 0.05) is 17.0 Å². The number of rotatable bonds is 8. The number of aromatic amines is 1. The highest BCUT2D eigenvalue weighted by atomic mass is 35.5. The first-order valence-corrected chi connectivity index (χ1v) is 8.23. The van der Waals surface area contributed by atoms with Crippen molar-refractivity contribution in [1.82, 2.24) is 20.6 Å². The molecule has 0 aliphatic heterocycles. The van der Waals surface area contributed by atoms with Gasteiger partial charge in [0.1, 0.15) is 18.1 Å². The highest BCUT2D eigenvalue weighted by molar-refractivity contribution is 6.30. The van der Waals surface area contributed by atoms with Gasteiger partial charge in [-0.1, -0.05) is 41.9 Å². The summed E-state index contributed by atoms with van der Waals surface area (Å²) < 4.78 is 5.82. The van der Waals surface area contributed by atoms with Gasteiger partial charge in [-0.05, 0) is 29.0 Å². The lowest BCUT2D eigenvalue weighted by Crippen LogP contribution is -2.12. The lowest BCUT2D eigenvalue weighted by atomic mass is 10.0. The summed E-state index contributed by atoms with van der Waals surface area (Å²) in [6.45, 7) is 0.351. The van der Waals surface area contributed by atoms with Crippen LogP contribution in [0.2, 0.25) is 5.02 Å². The molecule has 0 aliphatic carbocycles. The first kappa shape index (κ1) is 17.8. The van der Waals surface area contributed by atoms with E-state index in [1.165, 1.54) is 0 Å². The van der Waals surface area contributed by atoms with Crippen molar-refractivity contribution >= 4 is 23.2 Å². The van der Waals surface area contributed by atoms with Crippen LogP contribution in [-0.4, -0.2) is 32.2 Å². The van der Waals surface area contributed by atoms with E-state index in [1.807, 2.05) is 24.3 Å². The standard InChI is InChI=1S/C18H15ClN4O3/c19-14-7-5-12(6-8-14)11-26-17-4-2-1-3-13(17)9-15(24)10-16(25)18-20-22-23-21-18/h1-8H,9-11H2,(H,20,21,22,23). The molecule has 0 aliphatic rings. The smallest absolute Gasteiger partial charge is 0.240 e. The molecule has 0 spiro atoms. The van der Waals surface area contributed by atoms with Crippen LogP contribution >= 0.6 is 11.6 Å². The van der Waals surface area contributed by atoms with Gasteiger partial charge in [0.05, 0.1) is 6.42 Å². The molecule has 1 aromatic heterocycles. The topological polar surface area (TPSA) is 97.8 Å². The monoisotopic (exact) mass is 370 g/mol. The summed E-state index contributed by atoms with van der Waals surface area (Å²) in [6, 6.07) is 14.6. The minimum Gasteiger partial charge on any atom is -0.489 e. The third-order valence-corrected chi connectivity index (χ3v) is 3.87. The van der Waals surface area contributed by atoms with Crippen molar-refractivity contribution in [1.29, 1.82) is 0 Å². The fourth-order valence-electron chi connectivity index (χ4n) is 2.35. The molecule has 3 rings (SSSR count). The van der Waals surface area contributed by atoms with Crippen molar-refractivity contribution in [2.24, 2.45) is 0 Å². The normalized spacial score (nSPS) is 10.5. The molecule has 0 fully saturated rings. The third-order valence-electron chi connectivity index (χ3n) is 3.62. The van der Waals surface area contributed by atoms with Crippen LogP contribution in [0.25, 0.3) is 0 Å². The van der Waals surface area contributed by atoms with Crippen molar-refractivity contribution in [2.75, 3.05) is 0 Å². The number of aromatic nitrogens is 4. The van der Waals surface area contributed by atoms with E-state index < -0.39 is 5.78 Å². The van der Waals surface area contributed by atoms with E-state index in [1.54, 1.807) is 24.3 Å². The number of hydrogen-bond acceptors (Lipinski definition) is 6. The van der Waals surface area contributed by atoms with Gasteiger partial charge in [0.15, 0.2) is 0 Å². The van der Waals surface area contributed by atoms with Gasteiger partial charge in [-0.3, -0.25) is 9.59 Å². The van der Waals surface area contributed by atoms with Gasteiger partial charge in [-0.15, -0.1) is 10.2 Å². The maximum absolute atomic E-state index is 12.2. The van der Waals surface area contributed by atoms with E-state index in [0.717, 1.165) is 5.56 Å². The molecule has 7 nitrogen and oxygen atoms in total. The molecule has 1 N–H and O–H groups in total. The van der Waals surface area contributed by atoms with E-state index >= 15 is 0 Å². The Labute approximate surface area is 154 Å². The summed E-state index contributed by atoms with van der Waals surface area (Å²) in [5.41, 5.74) is 1.68. The Morgan fingerprint density at radius 1 is 1.08 bits per heavy atom. The van der Waals surface area contributed by atoms with E-state index in [-0.39, 0.29) is 24.4 Å². The van der Waals surface area contributed by atoms with Crippen molar-refractivity contribution in [3.05, 3.63) is 70.5 Å². The summed E-state index contributed by atoms with van der Waals surface area (Å²) >= 11 is 5.87. The maximum Gasteiger partial charge on any atom is 0.240 e. The molecule has 0 amide bonds. The Bertz CT molecular complexity index is 895. The van der Waals surface area contributed by atoms with Crippen molar-refractivity contribution in [3.8, 4) is 5.75 Å². The second-order valence-corrected chi connectivity index (χ2v) is 6.01. The third kappa shape index (κ3) is 4.73. The molecule has 0 unspecified atom stereocenters. The molecule has 0 saturated heterocycles. The number of nitrogens with one attached hydrogen (secondary N) is 1. The molecule has 2 aromatic carbocycles. The van der Waals surface area contributed by atoms with Crippen molar-refractivity contribution in [3.63, 3.8) is 0 Å². The van der Waals surface area contributed by atoms with Crippen LogP contribution in [0.1, 0.15) is 28.2 Å². The quantitative estimate of drug-likeness (QED) is 0.483. The Balaban J connectivity index is 1.62. The van der Waals surface area contributed by atoms with E-state index in [9.17, 15) is 9.59 Å². The zero-order chi connectivity index (χ0) is 18.4. The van der Waals surface area contributed by atoms with Crippen LogP contribution in [0.5, 0.6) is 5.75 Å². The number of H-pyrrole nitrogens is 1. The zero-order valence-electron chi connectivity index (χ0n) is 13.7. The highest BCUT2D eigenvalue weighted by Crippen LogP contribution is 2.21. The average molecular weight is 371 g/mol. The number of para-hydroxylation sites is 1. The van der Waals surface area contributed by atoms with Crippen LogP contribution in [0.3, 0.4) is 0 Å². The molecule has 26 heavy (non-hydrogen) atoms.